The molecule has 0 bridgehead atoms. The van der Waals surface area contributed by atoms with Crippen LogP contribution in [-0.4, -0.2) is 6.72 Å². The summed E-state index contributed by atoms with van der Waals surface area (Å²) >= 11 is 0. The van der Waals surface area contributed by atoms with E-state index in [-0.39, 0.29) is 0 Å². The van der Waals surface area contributed by atoms with Gasteiger partial charge in [0.25, 0.3) is 0 Å². The molecule has 0 unspecified atom stereocenters. The second-order valence-corrected chi connectivity index (χ2v) is 10.6. The second-order valence-electron chi connectivity index (χ2n) is 10.6. The van der Waals surface area contributed by atoms with Crippen LogP contribution in [0.25, 0.3) is 49.4 Å². The highest BCUT2D eigenvalue weighted by atomic mass is 15.2. The van der Waals surface area contributed by atoms with E-state index in [9.17, 15) is 0 Å². The van der Waals surface area contributed by atoms with Gasteiger partial charge in [0.05, 0.1) is 17.1 Å². The lowest BCUT2D eigenvalue weighted by atomic mass is 9.87. The van der Waals surface area contributed by atoms with Crippen molar-refractivity contribution in [2.75, 3.05) is 4.90 Å². The zero-order valence-corrected chi connectivity index (χ0v) is 23.4. The van der Waals surface area contributed by atoms with Gasteiger partial charge < -0.3 is 4.90 Å². The summed E-state index contributed by atoms with van der Waals surface area (Å²) in [5.74, 6) is 0. The molecule has 200 valence electrons. The van der Waals surface area contributed by atoms with Crippen molar-refractivity contribution in [3.63, 3.8) is 0 Å². The zero-order chi connectivity index (χ0) is 28.6. The van der Waals surface area contributed by atoms with Gasteiger partial charge in [-0.15, -0.1) is 0 Å². The number of allylic oxidation sites excluding steroid dienone is 4. The molecule has 1 aliphatic rings. The van der Waals surface area contributed by atoms with Crippen molar-refractivity contribution in [1.29, 1.82) is 0 Å². The molecule has 0 atom stereocenters. The van der Waals surface area contributed by atoms with Crippen LogP contribution in [0.3, 0.4) is 0 Å². The van der Waals surface area contributed by atoms with Crippen LogP contribution in [0.1, 0.15) is 11.1 Å². The average molecular weight is 539 g/mol. The monoisotopic (exact) mass is 538 g/mol. The van der Waals surface area contributed by atoms with Crippen LogP contribution in [0, 0.1) is 0 Å². The smallest absolute Gasteiger partial charge is 0.0937 e. The number of benzene rings is 6. The van der Waals surface area contributed by atoms with E-state index in [2.05, 4.69) is 145 Å². The highest BCUT2D eigenvalue weighted by molar-refractivity contribution is 6.04. The number of nitrogens with zero attached hydrogens (tertiary/aromatic N) is 2. The Balaban J connectivity index is 1.43. The molecule has 0 amide bonds. The Hall–Kier alpha value is -5.47. The van der Waals surface area contributed by atoms with Crippen LogP contribution in [0.4, 0.5) is 17.1 Å². The molecule has 42 heavy (non-hydrogen) atoms. The van der Waals surface area contributed by atoms with E-state index in [1.807, 2.05) is 12.2 Å². The summed E-state index contributed by atoms with van der Waals surface area (Å²) in [5.41, 5.74) is 11.4. The maximum Gasteiger partial charge on any atom is 0.0937 e. The van der Waals surface area contributed by atoms with Crippen molar-refractivity contribution < 1.29 is 0 Å². The molecule has 7 rings (SSSR count). The van der Waals surface area contributed by atoms with Crippen molar-refractivity contribution in [2.24, 2.45) is 4.99 Å². The Bertz CT molecular complexity index is 2060. The Kier molecular flexibility index (Phi) is 6.37. The predicted octanol–water partition coefficient (Wildman–Crippen LogP) is 11.1. The molecule has 2 heteroatoms. The van der Waals surface area contributed by atoms with Crippen molar-refractivity contribution in [2.45, 2.75) is 6.54 Å². The largest absolute Gasteiger partial charge is 0.335 e. The fourth-order valence-corrected chi connectivity index (χ4v) is 6.27. The highest BCUT2D eigenvalue weighted by Gasteiger charge is 2.27. The molecule has 0 fully saturated rings. The van der Waals surface area contributed by atoms with Crippen LogP contribution in [0.2, 0.25) is 0 Å². The van der Waals surface area contributed by atoms with Crippen molar-refractivity contribution in [1.82, 2.24) is 0 Å². The molecule has 0 saturated heterocycles. The van der Waals surface area contributed by atoms with Gasteiger partial charge in [-0.1, -0.05) is 135 Å². The molecule has 0 spiro atoms. The number of hydrogen-bond acceptors (Lipinski definition) is 2. The van der Waals surface area contributed by atoms with Gasteiger partial charge in [0.1, 0.15) is 0 Å². The lowest BCUT2D eigenvalue weighted by Crippen LogP contribution is -2.22. The lowest BCUT2D eigenvalue weighted by Gasteiger charge is -2.35. The van der Waals surface area contributed by atoms with Crippen LogP contribution >= 0.6 is 0 Å². The molecular formula is C40H30N2. The third-order valence-electron chi connectivity index (χ3n) is 8.33. The van der Waals surface area contributed by atoms with Crippen LogP contribution in [0.5, 0.6) is 0 Å². The third-order valence-corrected chi connectivity index (χ3v) is 8.33. The number of anilines is 2. The first-order valence-corrected chi connectivity index (χ1v) is 14.2. The summed E-state index contributed by atoms with van der Waals surface area (Å²) in [4.78, 5) is 7.00. The number of fused-ring (bicyclic) bond motifs is 6. The molecule has 0 aromatic heterocycles. The Morgan fingerprint density at radius 2 is 1.33 bits per heavy atom. The van der Waals surface area contributed by atoms with E-state index in [1.54, 1.807) is 6.08 Å². The molecule has 0 aliphatic carbocycles. The summed E-state index contributed by atoms with van der Waals surface area (Å²) < 4.78 is 0. The lowest BCUT2D eigenvalue weighted by molar-refractivity contribution is 0.971. The summed E-state index contributed by atoms with van der Waals surface area (Å²) in [6.07, 6.45) is 5.64. The molecule has 0 saturated carbocycles. The minimum atomic E-state index is 0.738. The minimum Gasteiger partial charge on any atom is -0.335 e. The van der Waals surface area contributed by atoms with Crippen LogP contribution in [-0.2, 0) is 6.54 Å². The van der Waals surface area contributed by atoms with Gasteiger partial charge in [-0.3, -0.25) is 4.99 Å². The molecule has 0 radical (unpaired) electrons. The SMILES string of the molecule is C=C/C=C(\C=C)c1ccc(-c2ccc3c(c2)N(c2ccc4ccccc4c2N=C)Cc2c-3ccc3ccccc23)cc1. The Morgan fingerprint density at radius 1 is 0.667 bits per heavy atom. The molecule has 1 aliphatic heterocycles. The van der Waals surface area contributed by atoms with Crippen molar-refractivity contribution in [3.8, 4) is 22.3 Å². The van der Waals surface area contributed by atoms with Crippen LogP contribution < -0.4 is 4.90 Å². The summed E-state index contributed by atoms with van der Waals surface area (Å²) in [6.45, 7) is 12.5. The highest BCUT2D eigenvalue weighted by Crippen LogP contribution is 2.49. The van der Waals surface area contributed by atoms with Gasteiger partial charge in [-0.2, -0.15) is 0 Å². The van der Waals surface area contributed by atoms with E-state index in [0.717, 1.165) is 56.6 Å². The molecular weight excluding hydrogens is 508 g/mol. The number of hydrogen-bond donors (Lipinski definition) is 0. The fourth-order valence-electron chi connectivity index (χ4n) is 6.27. The van der Waals surface area contributed by atoms with E-state index in [1.165, 1.54) is 27.5 Å². The van der Waals surface area contributed by atoms with Gasteiger partial charge in [0.15, 0.2) is 0 Å². The average Bonchev–Trinajstić information content (AvgIpc) is 3.06. The molecule has 0 N–H and O–H groups in total. The standard InChI is InChI=1S/C40H30N2/c1-4-10-27(5-2)28-15-17-29(18-16-28)32-20-23-36-35-22-19-30-11-6-8-13-33(30)37(35)26-42(39(36)25-32)38-24-21-31-12-7-9-14-34(31)40(38)41-3/h4-25H,1-3,26H2/b27-10+. The molecule has 6 aromatic carbocycles. The summed E-state index contributed by atoms with van der Waals surface area (Å²) in [5, 5.41) is 4.80. The fraction of sp³-hybridized carbons (Fsp3) is 0.0250. The first kappa shape index (κ1) is 25.5. The number of rotatable bonds is 6. The maximum absolute atomic E-state index is 4.58. The van der Waals surface area contributed by atoms with E-state index < -0.39 is 0 Å². The van der Waals surface area contributed by atoms with Crippen molar-refractivity contribution in [3.05, 3.63) is 158 Å². The quantitative estimate of drug-likeness (QED) is 0.152. The third kappa shape index (κ3) is 4.17. The van der Waals surface area contributed by atoms with Gasteiger partial charge in [0.2, 0.25) is 0 Å². The second kappa shape index (κ2) is 10.5. The summed E-state index contributed by atoms with van der Waals surface area (Å²) in [6, 6.07) is 41.4. The van der Waals surface area contributed by atoms with Crippen molar-refractivity contribution >= 4 is 50.9 Å². The van der Waals surface area contributed by atoms with E-state index in [0.29, 0.717) is 0 Å². The van der Waals surface area contributed by atoms with E-state index >= 15 is 0 Å². The van der Waals surface area contributed by atoms with Gasteiger partial charge in [-0.05, 0) is 68.4 Å². The molecule has 6 aromatic rings. The molecule has 1 heterocycles. The molecule has 2 nitrogen and oxygen atoms in total. The van der Waals surface area contributed by atoms with Gasteiger partial charge >= 0.3 is 0 Å². The zero-order valence-electron chi connectivity index (χ0n) is 23.4. The Labute approximate surface area is 246 Å². The first-order chi connectivity index (χ1) is 20.7. The normalized spacial score (nSPS) is 12.6. The number of aliphatic imine (C=N–C) groups is 1. The van der Waals surface area contributed by atoms with Crippen LogP contribution in [0.15, 0.2) is 152 Å². The Morgan fingerprint density at radius 3 is 2.07 bits per heavy atom. The predicted molar refractivity (Wildman–Crippen MR) is 182 cm³/mol. The topological polar surface area (TPSA) is 15.6 Å². The maximum atomic E-state index is 4.58. The van der Waals surface area contributed by atoms with Gasteiger partial charge in [0, 0.05) is 17.5 Å². The van der Waals surface area contributed by atoms with Gasteiger partial charge in [-0.25, -0.2) is 0 Å². The minimum absolute atomic E-state index is 0.738. The first-order valence-electron chi connectivity index (χ1n) is 14.2. The summed E-state index contributed by atoms with van der Waals surface area (Å²) in [7, 11) is 0. The van der Waals surface area contributed by atoms with E-state index in [4.69, 9.17) is 0 Å².